The third-order valence-electron chi connectivity index (χ3n) is 3.75. The third-order valence-corrected chi connectivity index (χ3v) is 3.75. The molecule has 1 aliphatic rings. The standard InChI is InChI=1S/C13H21N5O/c1-15-13(19)10-7-8-12(17-16-10)18(2)11-6-4-3-5-9(11)14/h7-9,11H,3-6,14H2,1-2H3,(H,15,19). The lowest BCUT2D eigenvalue weighted by atomic mass is 9.90. The van der Waals surface area contributed by atoms with Crippen LogP contribution in [0.4, 0.5) is 5.82 Å². The lowest BCUT2D eigenvalue weighted by Gasteiger charge is -2.36. The molecule has 6 heteroatoms. The first kappa shape index (κ1) is 13.7. The van der Waals surface area contributed by atoms with E-state index in [9.17, 15) is 4.79 Å². The Morgan fingerprint density at radius 2 is 2.11 bits per heavy atom. The Labute approximate surface area is 113 Å². The van der Waals surface area contributed by atoms with Crippen LogP contribution in [0.2, 0.25) is 0 Å². The van der Waals surface area contributed by atoms with Crippen LogP contribution in [0.25, 0.3) is 0 Å². The molecule has 2 rings (SSSR count). The summed E-state index contributed by atoms with van der Waals surface area (Å²) in [6.07, 6.45) is 4.54. The summed E-state index contributed by atoms with van der Waals surface area (Å²) in [5.41, 5.74) is 6.49. The van der Waals surface area contributed by atoms with Gasteiger partial charge in [-0.15, -0.1) is 10.2 Å². The fourth-order valence-electron chi connectivity index (χ4n) is 2.55. The molecule has 3 N–H and O–H groups in total. The molecule has 1 fully saturated rings. The molecule has 1 aromatic heterocycles. The van der Waals surface area contributed by atoms with Crippen LogP contribution in [0, 0.1) is 0 Å². The first-order valence-electron chi connectivity index (χ1n) is 6.67. The normalized spacial score (nSPS) is 22.9. The second kappa shape index (κ2) is 5.97. The molecule has 0 bridgehead atoms. The number of likely N-dealkylation sites (N-methyl/N-ethyl adjacent to an activating group) is 1. The number of nitrogens with zero attached hydrogens (tertiary/aromatic N) is 3. The SMILES string of the molecule is CNC(=O)c1ccc(N(C)C2CCCCC2N)nn1. The van der Waals surface area contributed by atoms with Crippen LogP contribution < -0.4 is 16.0 Å². The lowest BCUT2D eigenvalue weighted by Crippen LogP contribution is -2.48. The second-order valence-corrected chi connectivity index (χ2v) is 4.98. The molecule has 0 radical (unpaired) electrons. The fraction of sp³-hybridized carbons (Fsp3) is 0.615. The summed E-state index contributed by atoms with van der Waals surface area (Å²) in [6.45, 7) is 0. The monoisotopic (exact) mass is 263 g/mol. The van der Waals surface area contributed by atoms with Crippen LogP contribution in [0.3, 0.4) is 0 Å². The largest absolute Gasteiger partial charge is 0.354 e. The van der Waals surface area contributed by atoms with Crippen LogP contribution >= 0.6 is 0 Å². The van der Waals surface area contributed by atoms with Gasteiger partial charge in [0, 0.05) is 26.2 Å². The summed E-state index contributed by atoms with van der Waals surface area (Å²) in [7, 11) is 3.56. The van der Waals surface area contributed by atoms with E-state index >= 15 is 0 Å². The highest BCUT2D eigenvalue weighted by molar-refractivity contribution is 5.91. The van der Waals surface area contributed by atoms with Gasteiger partial charge in [-0.25, -0.2) is 0 Å². The zero-order chi connectivity index (χ0) is 13.8. The van der Waals surface area contributed by atoms with Crippen molar-refractivity contribution in [2.45, 2.75) is 37.8 Å². The van der Waals surface area contributed by atoms with E-state index in [1.165, 1.54) is 12.8 Å². The number of hydrogen-bond donors (Lipinski definition) is 2. The van der Waals surface area contributed by atoms with Gasteiger partial charge >= 0.3 is 0 Å². The quantitative estimate of drug-likeness (QED) is 0.831. The molecule has 0 spiro atoms. The first-order valence-corrected chi connectivity index (χ1v) is 6.67. The van der Waals surface area contributed by atoms with Crippen molar-refractivity contribution in [2.24, 2.45) is 5.73 Å². The molecule has 104 valence electrons. The van der Waals surface area contributed by atoms with Crippen LogP contribution in [0.15, 0.2) is 12.1 Å². The molecular weight excluding hydrogens is 242 g/mol. The summed E-state index contributed by atoms with van der Waals surface area (Å²) in [4.78, 5) is 13.5. The minimum atomic E-state index is -0.226. The summed E-state index contributed by atoms with van der Waals surface area (Å²) < 4.78 is 0. The van der Waals surface area contributed by atoms with Gasteiger partial charge in [0.2, 0.25) is 0 Å². The Bertz CT molecular complexity index is 433. The average Bonchev–Trinajstić information content (AvgIpc) is 2.46. The van der Waals surface area contributed by atoms with Gasteiger partial charge in [-0.1, -0.05) is 12.8 Å². The highest BCUT2D eigenvalue weighted by atomic mass is 16.1. The number of hydrogen-bond acceptors (Lipinski definition) is 5. The molecule has 0 saturated heterocycles. The molecule has 1 aromatic rings. The Hall–Kier alpha value is -1.69. The van der Waals surface area contributed by atoms with Gasteiger partial charge in [0.1, 0.15) is 0 Å². The van der Waals surface area contributed by atoms with Gasteiger partial charge in [-0.2, -0.15) is 0 Å². The number of carbonyl (C=O) groups is 1. The minimum absolute atomic E-state index is 0.180. The first-order chi connectivity index (χ1) is 9.13. The third kappa shape index (κ3) is 3.01. The van der Waals surface area contributed by atoms with Gasteiger partial charge in [0.05, 0.1) is 0 Å². The molecule has 0 aromatic carbocycles. The molecule has 1 saturated carbocycles. The molecule has 19 heavy (non-hydrogen) atoms. The van der Waals surface area contributed by atoms with Crippen molar-refractivity contribution in [3.05, 3.63) is 17.8 Å². The van der Waals surface area contributed by atoms with Crippen molar-refractivity contribution in [1.29, 1.82) is 0 Å². The smallest absolute Gasteiger partial charge is 0.271 e. The number of nitrogens with two attached hydrogens (primary N) is 1. The van der Waals surface area contributed by atoms with Crippen molar-refractivity contribution in [3.63, 3.8) is 0 Å². The fourth-order valence-corrected chi connectivity index (χ4v) is 2.55. The molecule has 6 nitrogen and oxygen atoms in total. The van der Waals surface area contributed by atoms with E-state index in [1.807, 2.05) is 13.1 Å². The molecular formula is C13H21N5O. The van der Waals surface area contributed by atoms with Crippen molar-refractivity contribution in [1.82, 2.24) is 15.5 Å². The van der Waals surface area contributed by atoms with Gasteiger partial charge in [-0.3, -0.25) is 4.79 Å². The van der Waals surface area contributed by atoms with E-state index in [4.69, 9.17) is 5.73 Å². The summed E-state index contributed by atoms with van der Waals surface area (Å²) in [5, 5.41) is 10.6. The van der Waals surface area contributed by atoms with E-state index in [-0.39, 0.29) is 11.9 Å². The van der Waals surface area contributed by atoms with Crippen LogP contribution in [-0.2, 0) is 0 Å². The predicted octanol–water partition coefficient (Wildman–Crippen LogP) is 0.542. The molecule has 1 aliphatic carbocycles. The maximum atomic E-state index is 11.4. The Kier molecular flexibility index (Phi) is 4.31. The highest BCUT2D eigenvalue weighted by Gasteiger charge is 2.26. The number of rotatable bonds is 3. The maximum absolute atomic E-state index is 11.4. The van der Waals surface area contributed by atoms with Gasteiger partial charge in [0.15, 0.2) is 11.5 Å². The predicted molar refractivity (Wildman–Crippen MR) is 74.1 cm³/mol. The van der Waals surface area contributed by atoms with E-state index in [0.29, 0.717) is 11.7 Å². The highest BCUT2D eigenvalue weighted by Crippen LogP contribution is 2.24. The van der Waals surface area contributed by atoms with Crippen molar-refractivity contribution in [3.8, 4) is 0 Å². The van der Waals surface area contributed by atoms with Crippen molar-refractivity contribution < 1.29 is 4.79 Å². The number of nitrogens with one attached hydrogen (secondary N) is 1. The topological polar surface area (TPSA) is 84.1 Å². The number of anilines is 1. The number of carbonyl (C=O) groups excluding carboxylic acids is 1. The Morgan fingerprint density at radius 3 is 2.68 bits per heavy atom. The van der Waals surface area contributed by atoms with Crippen LogP contribution in [-0.4, -0.2) is 42.3 Å². The van der Waals surface area contributed by atoms with E-state index in [2.05, 4.69) is 20.4 Å². The molecule has 0 aliphatic heterocycles. The van der Waals surface area contributed by atoms with E-state index in [0.717, 1.165) is 18.7 Å². The van der Waals surface area contributed by atoms with Crippen LogP contribution in [0.5, 0.6) is 0 Å². The molecule has 2 atom stereocenters. The summed E-state index contributed by atoms with van der Waals surface area (Å²) in [6, 6.07) is 3.98. The van der Waals surface area contributed by atoms with E-state index in [1.54, 1.807) is 13.1 Å². The lowest BCUT2D eigenvalue weighted by molar-refractivity contribution is 0.0957. The van der Waals surface area contributed by atoms with Gasteiger partial charge in [0.25, 0.3) is 5.91 Å². The summed E-state index contributed by atoms with van der Waals surface area (Å²) >= 11 is 0. The molecule has 1 heterocycles. The average molecular weight is 263 g/mol. The Morgan fingerprint density at radius 1 is 1.37 bits per heavy atom. The molecule has 1 amide bonds. The molecule has 2 unspecified atom stereocenters. The van der Waals surface area contributed by atoms with Crippen molar-refractivity contribution >= 4 is 11.7 Å². The van der Waals surface area contributed by atoms with Gasteiger partial charge < -0.3 is 16.0 Å². The van der Waals surface area contributed by atoms with E-state index < -0.39 is 0 Å². The minimum Gasteiger partial charge on any atom is -0.354 e. The zero-order valence-corrected chi connectivity index (χ0v) is 11.5. The summed E-state index contributed by atoms with van der Waals surface area (Å²) in [5.74, 6) is 0.533. The van der Waals surface area contributed by atoms with Gasteiger partial charge in [-0.05, 0) is 25.0 Å². The number of amides is 1. The van der Waals surface area contributed by atoms with Crippen LogP contribution in [0.1, 0.15) is 36.2 Å². The zero-order valence-electron chi connectivity index (χ0n) is 11.5. The van der Waals surface area contributed by atoms with Crippen molar-refractivity contribution in [2.75, 3.05) is 19.0 Å². The Balaban J connectivity index is 2.10. The number of aromatic nitrogens is 2. The maximum Gasteiger partial charge on any atom is 0.271 e. The second-order valence-electron chi connectivity index (χ2n) is 4.98.